The standard InChI is InChI=1S/C18H28N2O3/c1-12-10-20(17(21)23-18(3,4)5)11-15(12)8-14-7-13(2)19-16(9-14)22-6/h7,9,12,15H,8,10-11H2,1-6H3/t12-,15-/m0/s1. The van der Waals surface area contributed by atoms with Crippen molar-refractivity contribution in [1.29, 1.82) is 0 Å². The number of amides is 1. The van der Waals surface area contributed by atoms with Crippen LogP contribution in [0.5, 0.6) is 5.88 Å². The lowest BCUT2D eigenvalue weighted by Crippen LogP contribution is -2.35. The van der Waals surface area contributed by atoms with Crippen molar-refractivity contribution in [3.8, 4) is 5.88 Å². The number of carbonyl (C=O) groups excluding carboxylic acids is 1. The number of carbonyl (C=O) groups is 1. The van der Waals surface area contributed by atoms with Crippen LogP contribution in [0.25, 0.3) is 0 Å². The summed E-state index contributed by atoms with van der Waals surface area (Å²) in [5, 5.41) is 0. The molecule has 2 atom stereocenters. The molecular formula is C18H28N2O3. The van der Waals surface area contributed by atoms with Crippen LogP contribution in [0.1, 0.15) is 39.0 Å². The second-order valence-corrected chi connectivity index (χ2v) is 7.49. The summed E-state index contributed by atoms with van der Waals surface area (Å²) in [7, 11) is 1.63. The van der Waals surface area contributed by atoms with Gasteiger partial charge < -0.3 is 14.4 Å². The molecule has 0 aromatic carbocycles. The largest absolute Gasteiger partial charge is 0.481 e. The summed E-state index contributed by atoms with van der Waals surface area (Å²) < 4.78 is 10.7. The first-order chi connectivity index (χ1) is 10.7. The van der Waals surface area contributed by atoms with E-state index >= 15 is 0 Å². The highest BCUT2D eigenvalue weighted by atomic mass is 16.6. The molecule has 0 unspecified atom stereocenters. The molecule has 0 spiro atoms. The van der Waals surface area contributed by atoms with Crippen molar-refractivity contribution in [2.75, 3.05) is 20.2 Å². The van der Waals surface area contributed by atoms with Crippen LogP contribution in [-0.4, -0.2) is 41.8 Å². The fourth-order valence-corrected chi connectivity index (χ4v) is 3.01. The summed E-state index contributed by atoms with van der Waals surface area (Å²) in [6, 6.07) is 4.07. The van der Waals surface area contributed by atoms with E-state index in [9.17, 15) is 4.79 Å². The van der Waals surface area contributed by atoms with Gasteiger partial charge in [0.25, 0.3) is 0 Å². The van der Waals surface area contributed by atoms with E-state index in [0.29, 0.717) is 17.7 Å². The summed E-state index contributed by atoms with van der Waals surface area (Å²) in [5.41, 5.74) is 1.71. The smallest absolute Gasteiger partial charge is 0.410 e. The Labute approximate surface area is 139 Å². The van der Waals surface area contributed by atoms with Gasteiger partial charge in [-0.25, -0.2) is 9.78 Å². The molecule has 2 heterocycles. The Morgan fingerprint density at radius 3 is 2.65 bits per heavy atom. The van der Waals surface area contributed by atoms with Gasteiger partial charge in [-0.3, -0.25) is 0 Å². The highest BCUT2D eigenvalue weighted by Crippen LogP contribution is 2.28. The highest BCUT2D eigenvalue weighted by Gasteiger charge is 2.34. The van der Waals surface area contributed by atoms with Gasteiger partial charge in [0, 0.05) is 24.8 Å². The van der Waals surface area contributed by atoms with Gasteiger partial charge in [-0.1, -0.05) is 6.92 Å². The van der Waals surface area contributed by atoms with Crippen LogP contribution in [0.2, 0.25) is 0 Å². The summed E-state index contributed by atoms with van der Waals surface area (Å²) in [4.78, 5) is 18.4. The lowest BCUT2D eigenvalue weighted by molar-refractivity contribution is 0.0284. The third-order valence-electron chi connectivity index (χ3n) is 4.12. The number of ether oxygens (including phenoxy) is 2. The number of aryl methyl sites for hydroxylation is 1. The topological polar surface area (TPSA) is 51.7 Å². The van der Waals surface area contributed by atoms with Crippen molar-refractivity contribution in [3.63, 3.8) is 0 Å². The van der Waals surface area contributed by atoms with Gasteiger partial charge in [-0.05, 0) is 57.6 Å². The van der Waals surface area contributed by atoms with Gasteiger partial charge in [-0.2, -0.15) is 0 Å². The Balaban J connectivity index is 2.02. The molecule has 5 nitrogen and oxygen atoms in total. The van der Waals surface area contributed by atoms with Crippen LogP contribution in [0.4, 0.5) is 4.79 Å². The minimum Gasteiger partial charge on any atom is -0.481 e. The minimum atomic E-state index is -0.450. The predicted molar refractivity (Wildman–Crippen MR) is 89.7 cm³/mol. The molecule has 1 aliphatic heterocycles. The predicted octanol–water partition coefficient (Wildman–Crippen LogP) is 3.44. The van der Waals surface area contributed by atoms with Crippen molar-refractivity contribution in [2.24, 2.45) is 11.8 Å². The number of rotatable bonds is 3. The molecule has 1 aliphatic rings. The molecule has 1 saturated heterocycles. The zero-order valence-electron chi connectivity index (χ0n) is 15.0. The minimum absolute atomic E-state index is 0.213. The molecule has 0 N–H and O–H groups in total. The quantitative estimate of drug-likeness (QED) is 0.856. The van der Waals surface area contributed by atoms with Crippen LogP contribution < -0.4 is 4.74 Å². The SMILES string of the molecule is COc1cc(C[C@H]2CN(C(=O)OC(C)(C)C)C[C@@H]2C)cc(C)n1. The second-order valence-electron chi connectivity index (χ2n) is 7.49. The Kier molecular flexibility index (Phi) is 5.17. The van der Waals surface area contributed by atoms with E-state index in [2.05, 4.69) is 18.0 Å². The first-order valence-electron chi connectivity index (χ1n) is 8.17. The van der Waals surface area contributed by atoms with Gasteiger partial charge >= 0.3 is 6.09 Å². The Morgan fingerprint density at radius 1 is 1.35 bits per heavy atom. The van der Waals surface area contributed by atoms with Crippen molar-refractivity contribution in [1.82, 2.24) is 9.88 Å². The maximum absolute atomic E-state index is 12.2. The zero-order valence-corrected chi connectivity index (χ0v) is 15.0. The van der Waals surface area contributed by atoms with Gasteiger partial charge in [-0.15, -0.1) is 0 Å². The molecule has 0 aliphatic carbocycles. The Morgan fingerprint density at radius 2 is 2.04 bits per heavy atom. The molecule has 1 amide bonds. The number of methoxy groups -OCH3 is 1. The molecular weight excluding hydrogens is 292 g/mol. The van der Waals surface area contributed by atoms with Crippen molar-refractivity contribution < 1.29 is 14.3 Å². The fourth-order valence-electron chi connectivity index (χ4n) is 3.01. The molecule has 5 heteroatoms. The Hall–Kier alpha value is -1.78. The summed E-state index contributed by atoms with van der Waals surface area (Å²) in [6.45, 7) is 11.3. The lowest BCUT2D eigenvalue weighted by Gasteiger charge is -2.24. The average Bonchev–Trinajstić information content (AvgIpc) is 2.78. The lowest BCUT2D eigenvalue weighted by atomic mass is 9.91. The van der Waals surface area contributed by atoms with Crippen LogP contribution in [0.3, 0.4) is 0 Å². The van der Waals surface area contributed by atoms with Crippen LogP contribution in [0.15, 0.2) is 12.1 Å². The summed E-state index contributed by atoms with van der Waals surface area (Å²) >= 11 is 0. The molecule has 128 valence electrons. The fraction of sp³-hybridized carbons (Fsp3) is 0.667. The van der Waals surface area contributed by atoms with Gasteiger partial charge in [0.1, 0.15) is 5.60 Å². The number of likely N-dealkylation sites (tertiary alicyclic amines) is 1. The van der Waals surface area contributed by atoms with E-state index in [4.69, 9.17) is 9.47 Å². The number of aromatic nitrogens is 1. The second kappa shape index (κ2) is 6.77. The summed E-state index contributed by atoms with van der Waals surface area (Å²) in [6.07, 6.45) is 0.704. The third-order valence-corrected chi connectivity index (χ3v) is 4.12. The van der Waals surface area contributed by atoms with Crippen molar-refractivity contribution >= 4 is 6.09 Å². The van der Waals surface area contributed by atoms with E-state index in [1.165, 1.54) is 5.56 Å². The molecule has 0 saturated carbocycles. The normalized spacial score (nSPS) is 21.4. The van der Waals surface area contributed by atoms with Crippen molar-refractivity contribution in [2.45, 2.75) is 46.6 Å². The number of pyridine rings is 1. The Bertz CT molecular complexity index is 566. The van der Waals surface area contributed by atoms with Gasteiger partial charge in [0.15, 0.2) is 0 Å². The van der Waals surface area contributed by atoms with E-state index in [1.807, 2.05) is 38.7 Å². The molecule has 1 aromatic heterocycles. The van der Waals surface area contributed by atoms with E-state index in [0.717, 1.165) is 25.2 Å². The molecule has 1 fully saturated rings. The summed E-state index contributed by atoms with van der Waals surface area (Å²) in [5.74, 6) is 1.52. The monoisotopic (exact) mass is 320 g/mol. The maximum atomic E-state index is 12.2. The van der Waals surface area contributed by atoms with Crippen molar-refractivity contribution in [3.05, 3.63) is 23.4 Å². The average molecular weight is 320 g/mol. The molecule has 0 radical (unpaired) electrons. The molecule has 2 rings (SSSR count). The maximum Gasteiger partial charge on any atom is 0.410 e. The third kappa shape index (κ3) is 4.85. The number of hydrogen-bond acceptors (Lipinski definition) is 4. The van der Waals surface area contributed by atoms with Gasteiger partial charge in [0.2, 0.25) is 5.88 Å². The van der Waals surface area contributed by atoms with Crippen LogP contribution in [-0.2, 0) is 11.2 Å². The number of hydrogen-bond donors (Lipinski definition) is 0. The highest BCUT2D eigenvalue weighted by molar-refractivity contribution is 5.68. The zero-order chi connectivity index (χ0) is 17.2. The van der Waals surface area contributed by atoms with E-state index in [1.54, 1.807) is 7.11 Å². The molecule has 0 bridgehead atoms. The molecule has 1 aromatic rings. The molecule has 23 heavy (non-hydrogen) atoms. The van der Waals surface area contributed by atoms with E-state index < -0.39 is 5.60 Å². The first-order valence-corrected chi connectivity index (χ1v) is 8.17. The number of nitrogens with zero attached hydrogens (tertiary/aromatic N) is 2. The van der Waals surface area contributed by atoms with Gasteiger partial charge in [0.05, 0.1) is 7.11 Å². The van der Waals surface area contributed by atoms with Crippen LogP contribution in [0, 0.1) is 18.8 Å². The first kappa shape index (κ1) is 17.6. The van der Waals surface area contributed by atoms with Crippen LogP contribution >= 0.6 is 0 Å². The van der Waals surface area contributed by atoms with E-state index in [-0.39, 0.29) is 6.09 Å².